The second kappa shape index (κ2) is 4.67. The Balaban J connectivity index is 1.62. The highest BCUT2D eigenvalue weighted by atomic mass is 15.1. The van der Waals surface area contributed by atoms with Crippen LogP contribution in [0.25, 0.3) is 0 Å². The molecule has 80 valence electrons. The predicted octanol–water partition coefficient (Wildman–Crippen LogP) is 1.63. The highest BCUT2D eigenvalue weighted by Gasteiger charge is 2.20. The molecule has 0 spiro atoms. The summed E-state index contributed by atoms with van der Waals surface area (Å²) in [6.45, 7) is 0.913. The molecule has 2 aliphatic rings. The van der Waals surface area contributed by atoms with E-state index in [0.29, 0.717) is 12.0 Å². The number of nitrogens with one attached hydrogen (secondary N) is 1. The number of nitrogens with two attached hydrogens (primary N) is 1. The third-order valence-corrected chi connectivity index (χ3v) is 3.22. The molecular weight excluding hydrogens is 174 g/mol. The fraction of sp³-hybridized carbons (Fsp3) is 0.909. The molecule has 2 aliphatic carbocycles. The number of hydrogen-bond acceptors (Lipinski definition) is 1. The topological polar surface area (TPSA) is 50.4 Å². The molecule has 0 aromatic carbocycles. The fourth-order valence-electron chi connectivity index (χ4n) is 2.10. The normalized spacial score (nSPS) is 24.1. The second-order valence-electron chi connectivity index (χ2n) is 4.62. The molecule has 0 heterocycles. The molecule has 0 bridgehead atoms. The lowest BCUT2D eigenvalue weighted by atomic mass is 10.2. The van der Waals surface area contributed by atoms with Gasteiger partial charge in [0.25, 0.3) is 0 Å². The van der Waals surface area contributed by atoms with Crippen molar-refractivity contribution < 1.29 is 0 Å². The summed E-state index contributed by atoms with van der Waals surface area (Å²) >= 11 is 0. The summed E-state index contributed by atoms with van der Waals surface area (Å²) in [5.74, 6) is 1.62. The molecule has 3 N–H and O–H groups in total. The van der Waals surface area contributed by atoms with Gasteiger partial charge in [-0.15, -0.1) is 0 Å². The lowest BCUT2D eigenvalue weighted by Gasteiger charge is -2.11. The zero-order valence-corrected chi connectivity index (χ0v) is 8.84. The van der Waals surface area contributed by atoms with Crippen LogP contribution in [0.4, 0.5) is 0 Å². The molecule has 0 saturated heterocycles. The van der Waals surface area contributed by atoms with Crippen LogP contribution in [0.5, 0.6) is 0 Å². The smallest absolute Gasteiger partial charge is 0.188 e. The van der Waals surface area contributed by atoms with Gasteiger partial charge in [-0.2, -0.15) is 0 Å². The van der Waals surface area contributed by atoms with Crippen LogP contribution in [0.2, 0.25) is 0 Å². The molecule has 3 nitrogen and oxygen atoms in total. The van der Waals surface area contributed by atoms with Crippen molar-refractivity contribution in [3.8, 4) is 0 Å². The molecule has 0 aromatic heterocycles. The average Bonchev–Trinajstić information content (AvgIpc) is 2.83. The van der Waals surface area contributed by atoms with Gasteiger partial charge >= 0.3 is 0 Å². The first-order chi connectivity index (χ1) is 6.84. The summed E-state index contributed by atoms with van der Waals surface area (Å²) < 4.78 is 0. The van der Waals surface area contributed by atoms with Gasteiger partial charge in [0, 0.05) is 12.6 Å². The van der Waals surface area contributed by atoms with E-state index in [2.05, 4.69) is 10.3 Å². The summed E-state index contributed by atoms with van der Waals surface area (Å²) in [5.41, 5.74) is 5.80. The van der Waals surface area contributed by atoms with Gasteiger partial charge < -0.3 is 11.1 Å². The van der Waals surface area contributed by atoms with Gasteiger partial charge in [0.1, 0.15) is 0 Å². The molecule has 0 radical (unpaired) electrons. The summed E-state index contributed by atoms with van der Waals surface area (Å²) in [7, 11) is 0. The summed E-state index contributed by atoms with van der Waals surface area (Å²) in [4.78, 5) is 4.35. The van der Waals surface area contributed by atoms with E-state index < -0.39 is 0 Å². The van der Waals surface area contributed by atoms with E-state index in [4.69, 9.17) is 5.73 Å². The third kappa shape index (κ3) is 3.20. The molecule has 0 amide bonds. The quantitative estimate of drug-likeness (QED) is 0.529. The molecule has 0 aliphatic heterocycles. The Labute approximate surface area is 86.2 Å². The van der Waals surface area contributed by atoms with Crippen molar-refractivity contribution in [1.82, 2.24) is 5.32 Å². The first kappa shape index (κ1) is 9.81. The monoisotopic (exact) mass is 195 g/mol. The Kier molecular flexibility index (Phi) is 3.27. The lowest BCUT2D eigenvalue weighted by Crippen LogP contribution is -2.38. The molecule has 2 saturated carbocycles. The molecular formula is C11H21N3. The number of aliphatic imine (C=N–C) groups is 1. The number of hydrogen-bond donors (Lipinski definition) is 2. The molecule has 0 atom stereocenters. The van der Waals surface area contributed by atoms with E-state index in [1.54, 1.807) is 0 Å². The zero-order chi connectivity index (χ0) is 9.80. The van der Waals surface area contributed by atoms with Crippen LogP contribution in [0.15, 0.2) is 4.99 Å². The van der Waals surface area contributed by atoms with Crippen LogP contribution in [0.1, 0.15) is 44.9 Å². The zero-order valence-electron chi connectivity index (χ0n) is 8.84. The molecule has 14 heavy (non-hydrogen) atoms. The number of guanidine groups is 1. The molecule has 2 rings (SSSR count). The molecule has 2 fully saturated rings. The van der Waals surface area contributed by atoms with Crippen LogP contribution in [0, 0.1) is 5.92 Å². The van der Waals surface area contributed by atoms with Crippen LogP contribution in [0.3, 0.4) is 0 Å². The SMILES string of the molecule is NC(=NCCC1CC1)NC1CCCC1. The summed E-state index contributed by atoms with van der Waals surface area (Å²) in [6.07, 6.45) is 9.25. The van der Waals surface area contributed by atoms with E-state index >= 15 is 0 Å². The Hall–Kier alpha value is -0.730. The van der Waals surface area contributed by atoms with Gasteiger partial charge in [0.15, 0.2) is 5.96 Å². The van der Waals surface area contributed by atoms with E-state index in [0.717, 1.165) is 12.5 Å². The molecule has 3 heteroatoms. The number of rotatable bonds is 4. The van der Waals surface area contributed by atoms with Gasteiger partial charge in [-0.3, -0.25) is 4.99 Å². The van der Waals surface area contributed by atoms with Crippen LogP contribution < -0.4 is 11.1 Å². The maximum absolute atomic E-state index is 5.80. The maximum Gasteiger partial charge on any atom is 0.188 e. The van der Waals surface area contributed by atoms with E-state index in [1.165, 1.54) is 44.9 Å². The lowest BCUT2D eigenvalue weighted by molar-refractivity contribution is 0.623. The Bertz CT molecular complexity index is 203. The predicted molar refractivity (Wildman–Crippen MR) is 59.2 cm³/mol. The van der Waals surface area contributed by atoms with Crippen molar-refractivity contribution in [1.29, 1.82) is 0 Å². The van der Waals surface area contributed by atoms with E-state index in [-0.39, 0.29) is 0 Å². The van der Waals surface area contributed by atoms with Crippen molar-refractivity contribution in [3.63, 3.8) is 0 Å². The van der Waals surface area contributed by atoms with Crippen LogP contribution in [-0.4, -0.2) is 18.5 Å². The van der Waals surface area contributed by atoms with Crippen LogP contribution in [-0.2, 0) is 0 Å². The van der Waals surface area contributed by atoms with Crippen molar-refractivity contribution >= 4 is 5.96 Å². The maximum atomic E-state index is 5.80. The standard InChI is InChI=1S/C11H21N3/c12-11(13-8-7-9-5-6-9)14-10-3-1-2-4-10/h9-10H,1-8H2,(H3,12,13,14). The minimum absolute atomic E-state index is 0.597. The Morgan fingerprint density at radius 1 is 1.21 bits per heavy atom. The van der Waals surface area contributed by atoms with Gasteiger partial charge in [-0.25, -0.2) is 0 Å². The van der Waals surface area contributed by atoms with Crippen LogP contribution >= 0.6 is 0 Å². The van der Waals surface area contributed by atoms with Gasteiger partial charge in [0.05, 0.1) is 0 Å². The van der Waals surface area contributed by atoms with Gasteiger partial charge in [-0.05, 0) is 25.2 Å². The molecule has 0 unspecified atom stereocenters. The van der Waals surface area contributed by atoms with Gasteiger partial charge in [-0.1, -0.05) is 25.7 Å². The summed E-state index contributed by atoms with van der Waals surface area (Å²) in [6, 6.07) is 0.597. The molecule has 0 aromatic rings. The van der Waals surface area contributed by atoms with Crippen molar-refractivity contribution in [2.24, 2.45) is 16.6 Å². The summed E-state index contributed by atoms with van der Waals surface area (Å²) in [5, 5.41) is 3.30. The first-order valence-electron chi connectivity index (χ1n) is 5.91. The average molecular weight is 195 g/mol. The minimum atomic E-state index is 0.597. The fourth-order valence-corrected chi connectivity index (χ4v) is 2.10. The Morgan fingerprint density at radius 2 is 1.93 bits per heavy atom. The highest BCUT2D eigenvalue weighted by Crippen LogP contribution is 2.32. The second-order valence-corrected chi connectivity index (χ2v) is 4.62. The number of nitrogens with zero attached hydrogens (tertiary/aromatic N) is 1. The first-order valence-corrected chi connectivity index (χ1v) is 5.91. The highest BCUT2D eigenvalue weighted by molar-refractivity contribution is 5.78. The van der Waals surface area contributed by atoms with Gasteiger partial charge in [0.2, 0.25) is 0 Å². The largest absolute Gasteiger partial charge is 0.370 e. The van der Waals surface area contributed by atoms with E-state index in [9.17, 15) is 0 Å². The minimum Gasteiger partial charge on any atom is -0.370 e. The van der Waals surface area contributed by atoms with E-state index in [1.807, 2.05) is 0 Å². The third-order valence-electron chi connectivity index (χ3n) is 3.22. The van der Waals surface area contributed by atoms with Crippen molar-refractivity contribution in [2.75, 3.05) is 6.54 Å². The Morgan fingerprint density at radius 3 is 2.57 bits per heavy atom. The van der Waals surface area contributed by atoms with Crippen molar-refractivity contribution in [3.05, 3.63) is 0 Å². The van der Waals surface area contributed by atoms with Crippen molar-refractivity contribution in [2.45, 2.75) is 51.0 Å².